The Morgan fingerprint density at radius 3 is 2.60 bits per heavy atom. The van der Waals surface area contributed by atoms with Gasteiger partial charge in [-0.05, 0) is 44.2 Å². The number of para-hydroxylation sites is 1. The third kappa shape index (κ3) is 4.38. The summed E-state index contributed by atoms with van der Waals surface area (Å²) in [6, 6.07) is 15.7. The molecule has 4 heteroatoms. The van der Waals surface area contributed by atoms with Gasteiger partial charge in [-0.1, -0.05) is 34.1 Å². The Hall–Kier alpha value is -1.81. The molecule has 2 aromatic rings. The molecule has 104 valence electrons. The Morgan fingerprint density at radius 2 is 1.90 bits per heavy atom. The molecule has 0 unspecified atom stereocenters. The van der Waals surface area contributed by atoms with Crippen LogP contribution in [0.25, 0.3) is 0 Å². The first kappa shape index (κ1) is 14.6. The lowest BCUT2D eigenvalue weighted by Gasteiger charge is -2.10. The maximum Gasteiger partial charge on any atom is 0.120 e. The minimum absolute atomic E-state index is 0.156. The van der Waals surface area contributed by atoms with Crippen LogP contribution in [-0.2, 0) is 0 Å². The van der Waals surface area contributed by atoms with Crippen LogP contribution in [0.4, 0.5) is 5.69 Å². The van der Waals surface area contributed by atoms with Crippen molar-refractivity contribution in [3.05, 3.63) is 58.6 Å². The van der Waals surface area contributed by atoms with Crippen LogP contribution in [0.5, 0.6) is 5.75 Å². The molecule has 0 aliphatic rings. The van der Waals surface area contributed by atoms with Gasteiger partial charge in [0, 0.05) is 10.0 Å². The topological polar surface area (TPSA) is 33.6 Å². The highest BCUT2D eigenvalue weighted by atomic mass is 79.9. The van der Waals surface area contributed by atoms with Crippen LogP contribution in [0, 0.1) is 0 Å². The number of anilines is 1. The summed E-state index contributed by atoms with van der Waals surface area (Å²) in [6.45, 7) is 4.01. The van der Waals surface area contributed by atoms with Crippen LogP contribution in [0.2, 0.25) is 0 Å². The first-order chi connectivity index (χ1) is 9.65. The van der Waals surface area contributed by atoms with Gasteiger partial charge in [-0.2, -0.15) is 5.10 Å². The highest BCUT2D eigenvalue weighted by Crippen LogP contribution is 2.22. The van der Waals surface area contributed by atoms with E-state index in [1.165, 1.54) is 0 Å². The molecule has 2 rings (SSSR count). The molecule has 0 amide bonds. The average Bonchev–Trinajstić information content (AvgIpc) is 2.43. The summed E-state index contributed by atoms with van der Waals surface area (Å²) in [6.07, 6.45) is 1.92. The predicted molar refractivity (Wildman–Crippen MR) is 87.6 cm³/mol. The van der Waals surface area contributed by atoms with Gasteiger partial charge in [0.05, 0.1) is 18.0 Å². The van der Waals surface area contributed by atoms with Crippen molar-refractivity contribution in [3.8, 4) is 5.75 Å². The zero-order valence-electron chi connectivity index (χ0n) is 11.5. The molecular formula is C16H17BrN2O. The number of hydrogen-bond donors (Lipinski definition) is 1. The van der Waals surface area contributed by atoms with Gasteiger partial charge >= 0.3 is 0 Å². The van der Waals surface area contributed by atoms with Crippen molar-refractivity contribution in [1.82, 2.24) is 0 Å². The Labute approximate surface area is 127 Å². The van der Waals surface area contributed by atoms with E-state index in [4.69, 9.17) is 4.74 Å². The zero-order valence-corrected chi connectivity index (χ0v) is 13.1. The van der Waals surface area contributed by atoms with Crippen molar-refractivity contribution in [2.75, 3.05) is 5.43 Å². The standard InChI is InChI=1S/C16H17BrN2O/c1-12(2)20-15-8-9-16(17)13(10-15)11-18-19-14-6-4-3-5-7-14/h3-12,19H,1-2H3. The molecule has 3 nitrogen and oxygen atoms in total. The lowest BCUT2D eigenvalue weighted by Crippen LogP contribution is -2.05. The highest BCUT2D eigenvalue weighted by Gasteiger charge is 2.02. The molecule has 0 heterocycles. The van der Waals surface area contributed by atoms with E-state index >= 15 is 0 Å². The minimum atomic E-state index is 0.156. The van der Waals surface area contributed by atoms with Crippen LogP contribution < -0.4 is 10.2 Å². The number of benzene rings is 2. The number of nitrogens with one attached hydrogen (secondary N) is 1. The molecule has 1 N–H and O–H groups in total. The van der Waals surface area contributed by atoms with E-state index in [0.717, 1.165) is 21.5 Å². The number of hydrogen-bond acceptors (Lipinski definition) is 3. The SMILES string of the molecule is CC(C)Oc1ccc(Br)c(C=NNc2ccccc2)c1. The lowest BCUT2D eigenvalue weighted by molar-refractivity contribution is 0.242. The predicted octanol–water partition coefficient (Wildman–Crippen LogP) is 4.68. The van der Waals surface area contributed by atoms with Crippen molar-refractivity contribution < 1.29 is 4.74 Å². The van der Waals surface area contributed by atoms with Crippen LogP contribution in [0.3, 0.4) is 0 Å². The van der Waals surface area contributed by atoms with Gasteiger partial charge in [0.25, 0.3) is 0 Å². The smallest absolute Gasteiger partial charge is 0.120 e. The Balaban J connectivity index is 2.08. The quantitative estimate of drug-likeness (QED) is 0.636. The minimum Gasteiger partial charge on any atom is -0.491 e. The Morgan fingerprint density at radius 1 is 1.15 bits per heavy atom. The largest absolute Gasteiger partial charge is 0.491 e. The number of rotatable bonds is 5. The molecule has 20 heavy (non-hydrogen) atoms. The summed E-state index contributed by atoms with van der Waals surface area (Å²) in [5, 5.41) is 4.23. The summed E-state index contributed by atoms with van der Waals surface area (Å²) < 4.78 is 6.65. The highest BCUT2D eigenvalue weighted by molar-refractivity contribution is 9.10. The zero-order chi connectivity index (χ0) is 14.4. The molecular weight excluding hydrogens is 316 g/mol. The normalized spacial score (nSPS) is 11.0. The molecule has 0 saturated heterocycles. The maximum absolute atomic E-state index is 5.67. The fourth-order valence-electron chi connectivity index (χ4n) is 1.66. The lowest BCUT2D eigenvalue weighted by atomic mass is 10.2. The fourth-order valence-corrected chi connectivity index (χ4v) is 2.00. The van der Waals surface area contributed by atoms with Crippen LogP contribution in [-0.4, -0.2) is 12.3 Å². The van der Waals surface area contributed by atoms with Gasteiger partial charge in [-0.15, -0.1) is 0 Å². The summed E-state index contributed by atoms with van der Waals surface area (Å²) in [5.41, 5.74) is 4.91. The Kier molecular flexibility index (Phi) is 5.18. The van der Waals surface area contributed by atoms with Gasteiger partial charge in [-0.25, -0.2) is 0 Å². The van der Waals surface area contributed by atoms with Gasteiger partial charge in [0.2, 0.25) is 0 Å². The van der Waals surface area contributed by atoms with Crippen molar-refractivity contribution in [2.45, 2.75) is 20.0 Å². The van der Waals surface area contributed by atoms with E-state index in [1.54, 1.807) is 6.21 Å². The van der Waals surface area contributed by atoms with Gasteiger partial charge in [0.15, 0.2) is 0 Å². The molecule has 0 fully saturated rings. The van der Waals surface area contributed by atoms with Crippen LogP contribution >= 0.6 is 15.9 Å². The van der Waals surface area contributed by atoms with Gasteiger partial charge in [0.1, 0.15) is 5.75 Å². The summed E-state index contributed by atoms with van der Waals surface area (Å²) in [7, 11) is 0. The van der Waals surface area contributed by atoms with Crippen LogP contribution in [0.1, 0.15) is 19.4 Å². The summed E-state index contributed by atoms with van der Waals surface area (Å²) in [4.78, 5) is 0. The second kappa shape index (κ2) is 7.10. The first-order valence-corrected chi connectivity index (χ1v) is 7.25. The molecule has 0 saturated carbocycles. The van der Waals surface area contributed by atoms with Gasteiger partial charge < -0.3 is 4.74 Å². The van der Waals surface area contributed by atoms with Crippen molar-refractivity contribution in [1.29, 1.82) is 0 Å². The van der Waals surface area contributed by atoms with Gasteiger partial charge in [-0.3, -0.25) is 5.43 Å². The maximum atomic E-state index is 5.67. The number of halogens is 1. The second-order valence-corrected chi connectivity index (χ2v) is 5.44. The Bertz CT molecular complexity index is 582. The molecule has 0 aliphatic heterocycles. The number of ether oxygens (including phenoxy) is 1. The van der Waals surface area contributed by atoms with Crippen molar-refractivity contribution in [3.63, 3.8) is 0 Å². The van der Waals surface area contributed by atoms with Crippen molar-refractivity contribution in [2.24, 2.45) is 5.10 Å². The van der Waals surface area contributed by atoms with E-state index in [0.29, 0.717) is 0 Å². The third-order valence-electron chi connectivity index (χ3n) is 2.51. The molecule has 2 aromatic carbocycles. The molecule has 0 aliphatic carbocycles. The van der Waals surface area contributed by atoms with Crippen molar-refractivity contribution >= 4 is 27.8 Å². The van der Waals surface area contributed by atoms with Crippen LogP contribution in [0.15, 0.2) is 58.1 Å². The molecule has 0 aromatic heterocycles. The van der Waals surface area contributed by atoms with E-state index in [1.807, 2.05) is 62.4 Å². The molecule has 0 spiro atoms. The van der Waals surface area contributed by atoms with E-state index in [9.17, 15) is 0 Å². The van der Waals surface area contributed by atoms with E-state index in [2.05, 4.69) is 26.5 Å². The second-order valence-electron chi connectivity index (χ2n) is 4.59. The number of nitrogens with zero attached hydrogens (tertiary/aromatic N) is 1. The first-order valence-electron chi connectivity index (χ1n) is 6.45. The average molecular weight is 333 g/mol. The number of hydrazone groups is 1. The summed E-state index contributed by atoms with van der Waals surface area (Å²) in [5.74, 6) is 0.837. The summed E-state index contributed by atoms with van der Waals surface area (Å²) >= 11 is 3.51. The van der Waals surface area contributed by atoms with E-state index < -0.39 is 0 Å². The third-order valence-corrected chi connectivity index (χ3v) is 3.23. The molecule has 0 bridgehead atoms. The van der Waals surface area contributed by atoms with E-state index in [-0.39, 0.29) is 6.10 Å². The molecule has 0 atom stereocenters. The molecule has 0 radical (unpaired) electrons. The monoisotopic (exact) mass is 332 g/mol. The fraction of sp³-hybridized carbons (Fsp3) is 0.188.